The van der Waals surface area contributed by atoms with Crippen LogP contribution in [0.25, 0.3) is 21.9 Å². The zero-order chi connectivity index (χ0) is 20.2. The summed E-state index contributed by atoms with van der Waals surface area (Å²) < 4.78 is 5.92. The molecule has 29 heavy (non-hydrogen) atoms. The minimum atomic E-state index is 0.197. The summed E-state index contributed by atoms with van der Waals surface area (Å²) in [6.45, 7) is 2.14. The number of aryl methyl sites for hydroxylation is 1. The van der Waals surface area contributed by atoms with E-state index in [-0.39, 0.29) is 5.92 Å². The van der Waals surface area contributed by atoms with Crippen LogP contribution >= 0.6 is 11.6 Å². The van der Waals surface area contributed by atoms with Gasteiger partial charge in [0.2, 0.25) is 0 Å². The van der Waals surface area contributed by atoms with E-state index >= 15 is 0 Å². The quantitative estimate of drug-likeness (QED) is 0.197. The maximum Gasteiger partial charge on any atom is 0.135 e. The molecule has 4 aromatic rings. The van der Waals surface area contributed by atoms with E-state index in [4.69, 9.17) is 16.0 Å². The van der Waals surface area contributed by atoms with Gasteiger partial charge in [0.1, 0.15) is 11.2 Å². The van der Waals surface area contributed by atoms with Crippen molar-refractivity contribution in [3.05, 3.63) is 82.9 Å². The smallest absolute Gasteiger partial charge is 0.135 e. The van der Waals surface area contributed by atoms with Crippen molar-refractivity contribution in [2.45, 2.75) is 32.6 Å². The van der Waals surface area contributed by atoms with E-state index in [1.165, 1.54) is 5.56 Å². The molecule has 1 N–H and O–H groups in total. The topological polar surface area (TPSA) is 45.7 Å². The highest BCUT2D eigenvalue weighted by Crippen LogP contribution is 2.30. The Bertz CT molecular complexity index is 1140. The van der Waals surface area contributed by atoms with Gasteiger partial charge in [-0.15, -0.1) is 0 Å². The van der Waals surface area contributed by atoms with E-state index in [1.54, 1.807) is 0 Å². The van der Waals surface area contributed by atoms with Crippen molar-refractivity contribution in [1.82, 2.24) is 0 Å². The molecule has 0 bridgehead atoms. The predicted octanol–water partition coefficient (Wildman–Crippen LogP) is 7.47. The second kappa shape index (κ2) is 8.71. The summed E-state index contributed by atoms with van der Waals surface area (Å²) in [5, 5.41) is 16.4. The molecule has 148 valence electrons. The first-order valence-corrected chi connectivity index (χ1v) is 10.5. The molecule has 4 heteroatoms. The number of hydrogen-bond donors (Lipinski definition) is 1. The van der Waals surface area contributed by atoms with Crippen molar-refractivity contribution in [2.75, 3.05) is 0 Å². The largest absolute Gasteiger partial charge is 0.456 e. The molecule has 0 saturated carbocycles. The van der Waals surface area contributed by atoms with E-state index in [9.17, 15) is 5.21 Å². The van der Waals surface area contributed by atoms with Crippen LogP contribution in [-0.4, -0.2) is 10.9 Å². The van der Waals surface area contributed by atoms with Crippen LogP contribution in [-0.2, 0) is 6.42 Å². The van der Waals surface area contributed by atoms with Gasteiger partial charge >= 0.3 is 0 Å². The highest BCUT2D eigenvalue weighted by molar-refractivity contribution is 6.30. The van der Waals surface area contributed by atoms with Crippen molar-refractivity contribution in [2.24, 2.45) is 11.1 Å². The molecule has 0 aliphatic rings. The van der Waals surface area contributed by atoms with Crippen LogP contribution in [0.1, 0.15) is 37.3 Å². The summed E-state index contributed by atoms with van der Waals surface area (Å²) in [6.07, 6.45) is 3.89. The van der Waals surface area contributed by atoms with Crippen LogP contribution in [0.3, 0.4) is 0 Å². The lowest BCUT2D eigenvalue weighted by molar-refractivity contribution is 0.314. The first kappa shape index (κ1) is 19.5. The number of benzene rings is 3. The lowest BCUT2D eigenvalue weighted by Gasteiger charge is -2.17. The standard InChI is InChI=1S/C25H24ClNO2/c1-2-18(7-5-6-17-10-13-20(26)14-11-17)25(27-28)19-12-15-24-22(16-19)21-8-3-4-9-23(21)29-24/h3-4,8-16,18,28H,2,5-7H2,1H3. The molecule has 0 radical (unpaired) electrons. The van der Waals surface area contributed by atoms with Gasteiger partial charge in [0.15, 0.2) is 0 Å². The molecule has 3 aromatic carbocycles. The summed E-state index contributed by atoms with van der Waals surface area (Å²) >= 11 is 5.97. The van der Waals surface area contributed by atoms with E-state index in [0.29, 0.717) is 0 Å². The van der Waals surface area contributed by atoms with E-state index < -0.39 is 0 Å². The van der Waals surface area contributed by atoms with Crippen molar-refractivity contribution < 1.29 is 9.62 Å². The maximum atomic E-state index is 9.81. The van der Waals surface area contributed by atoms with E-state index in [1.807, 2.05) is 42.5 Å². The summed E-state index contributed by atoms with van der Waals surface area (Å²) in [5.74, 6) is 0.197. The average molecular weight is 406 g/mol. The molecule has 1 aromatic heterocycles. The Labute approximate surface area is 175 Å². The number of nitrogens with zero attached hydrogens (tertiary/aromatic N) is 1. The molecule has 4 rings (SSSR count). The zero-order valence-corrected chi connectivity index (χ0v) is 17.2. The molecule has 0 spiro atoms. The van der Waals surface area contributed by atoms with Gasteiger partial charge in [-0.1, -0.05) is 54.0 Å². The number of para-hydroxylation sites is 1. The Balaban J connectivity index is 1.54. The number of halogens is 1. The number of furan rings is 1. The van der Waals surface area contributed by atoms with Gasteiger partial charge in [0.25, 0.3) is 0 Å². The van der Waals surface area contributed by atoms with Gasteiger partial charge in [-0.3, -0.25) is 0 Å². The highest BCUT2D eigenvalue weighted by atomic mass is 35.5. The molecular weight excluding hydrogens is 382 g/mol. The van der Waals surface area contributed by atoms with Gasteiger partial charge in [-0.05, 0) is 67.6 Å². The van der Waals surface area contributed by atoms with Gasteiger partial charge in [-0.25, -0.2) is 0 Å². The van der Waals surface area contributed by atoms with Crippen LogP contribution in [0.15, 0.2) is 76.3 Å². The van der Waals surface area contributed by atoms with Crippen LogP contribution in [0, 0.1) is 5.92 Å². The summed E-state index contributed by atoms with van der Waals surface area (Å²) in [4.78, 5) is 0. The third-order valence-corrected chi connectivity index (χ3v) is 5.84. The van der Waals surface area contributed by atoms with Gasteiger partial charge < -0.3 is 9.62 Å². The molecule has 0 aliphatic heterocycles. The third kappa shape index (κ3) is 4.15. The fourth-order valence-corrected chi connectivity index (χ4v) is 4.12. The number of hydrogen-bond acceptors (Lipinski definition) is 3. The molecule has 1 unspecified atom stereocenters. The number of rotatable bonds is 7. The van der Waals surface area contributed by atoms with Crippen molar-refractivity contribution in [3.63, 3.8) is 0 Å². The Hall–Kier alpha value is -2.78. The highest BCUT2D eigenvalue weighted by Gasteiger charge is 2.18. The molecular formula is C25H24ClNO2. The molecule has 3 nitrogen and oxygen atoms in total. The van der Waals surface area contributed by atoms with Crippen molar-refractivity contribution >= 4 is 39.3 Å². The Morgan fingerprint density at radius 3 is 2.52 bits per heavy atom. The second-order valence-electron chi connectivity index (χ2n) is 7.42. The lowest BCUT2D eigenvalue weighted by Crippen LogP contribution is -2.16. The van der Waals surface area contributed by atoms with E-state index in [0.717, 1.165) is 63.9 Å². The minimum absolute atomic E-state index is 0.197. The second-order valence-corrected chi connectivity index (χ2v) is 7.85. The van der Waals surface area contributed by atoms with Crippen molar-refractivity contribution in [3.8, 4) is 0 Å². The van der Waals surface area contributed by atoms with Crippen molar-refractivity contribution in [1.29, 1.82) is 0 Å². The van der Waals surface area contributed by atoms with Gasteiger partial charge in [-0.2, -0.15) is 0 Å². The van der Waals surface area contributed by atoms with Crippen LogP contribution in [0.5, 0.6) is 0 Å². The zero-order valence-electron chi connectivity index (χ0n) is 16.4. The fraction of sp³-hybridized carbons (Fsp3) is 0.240. The maximum absolute atomic E-state index is 9.81. The fourth-order valence-electron chi connectivity index (χ4n) is 4.00. The van der Waals surface area contributed by atoms with Gasteiger partial charge in [0, 0.05) is 27.3 Å². The Kier molecular flexibility index (Phi) is 5.86. The molecule has 0 aliphatic carbocycles. The summed E-state index contributed by atoms with van der Waals surface area (Å²) in [7, 11) is 0. The Morgan fingerprint density at radius 2 is 1.76 bits per heavy atom. The van der Waals surface area contributed by atoms with Crippen LogP contribution in [0.2, 0.25) is 5.02 Å². The lowest BCUT2D eigenvalue weighted by atomic mass is 9.88. The van der Waals surface area contributed by atoms with E-state index in [2.05, 4.69) is 36.3 Å². The molecule has 0 saturated heterocycles. The monoisotopic (exact) mass is 405 g/mol. The Morgan fingerprint density at radius 1 is 1.00 bits per heavy atom. The molecule has 0 fully saturated rings. The van der Waals surface area contributed by atoms with Crippen LogP contribution in [0.4, 0.5) is 0 Å². The molecule has 1 atom stereocenters. The number of oxime groups is 1. The number of fused-ring (bicyclic) bond motifs is 3. The van der Waals surface area contributed by atoms with Gasteiger partial charge in [0.05, 0.1) is 5.71 Å². The average Bonchev–Trinajstić information content (AvgIpc) is 3.12. The molecule has 0 amide bonds. The molecule has 1 heterocycles. The predicted molar refractivity (Wildman–Crippen MR) is 120 cm³/mol. The minimum Gasteiger partial charge on any atom is -0.456 e. The third-order valence-electron chi connectivity index (χ3n) is 5.59. The summed E-state index contributed by atoms with van der Waals surface area (Å²) in [6, 6.07) is 22.1. The summed E-state index contributed by atoms with van der Waals surface area (Å²) in [5.41, 5.74) is 4.69. The SMILES string of the molecule is CCC(CCCc1ccc(Cl)cc1)C(=NO)c1ccc2oc3ccccc3c2c1. The first-order valence-electron chi connectivity index (χ1n) is 10.1. The first-order chi connectivity index (χ1) is 14.2. The van der Waals surface area contributed by atoms with Crippen LogP contribution < -0.4 is 0 Å². The normalized spacial score (nSPS) is 13.2.